The number of aromatic nitrogens is 1. The molecule has 0 bridgehead atoms. The first-order chi connectivity index (χ1) is 15.6. The summed E-state index contributed by atoms with van der Waals surface area (Å²) in [7, 11) is -4.00. The Bertz CT molecular complexity index is 1270. The lowest BCUT2D eigenvalue weighted by Crippen LogP contribution is -2.50. The zero-order valence-electron chi connectivity index (χ0n) is 16.9. The molecule has 0 unspecified atom stereocenters. The van der Waals surface area contributed by atoms with Crippen molar-refractivity contribution in [2.24, 2.45) is 0 Å². The van der Waals surface area contributed by atoms with Crippen LogP contribution in [0.2, 0.25) is 0 Å². The van der Waals surface area contributed by atoms with Crippen LogP contribution in [0.4, 0.5) is 17.6 Å². The lowest BCUT2D eigenvalue weighted by molar-refractivity contribution is -0.137. The smallest absolute Gasteiger partial charge is 0.335 e. The zero-order chi connectivity index (χ0) is 23.8. The summed E-state index contributed by atoms with van der Waals surface area (Å²) in [6.07, 6.45) is -3.20. The van der Waals surface area contributed by atoms with Crippen LogP contribution in [-0.4, -0.2) is 54.7 Å². The average molecular weight is 500 g/mol. The van der Waals surface area contributed by atoms with Crippen LogP contribution in [0, 0.1) is 5.82 Å². The number of sulfonamides is 1. The Kier molecular flexibility index (Phi) is 6.25. The quantitative estimate of drug-likeness (QED) is 0.507. The summed E-state index contributed by atoms with van der Waals surface area (Å²) in [5.74, 6) is -0.797. The molecule has 1 aliphatic heterocycles. The second kappa shape index (κ2) is 8.84. The van der Waals surface area contributed by atoms with E-state index in [9.17, 15) is 30.8 Å². The number of amides is 1. The summed E-state index contributed by atoms with van der Waals surface area (Å²) in [5, 5.41) is 0.361. The van der Waals surface area contributed by atoms with Crippen LogP contribution in [0.1, 0.15) is 15.2 Å². The summed E-state index contributed by atoms with van der Waals surface area (Å²) >= 11 is 1.04. The molecule has 6 nitrogen and oxygen atoms in total. The summed E-state index contributed by atoms with van der Waals surface area (Å²) < 4.78 is 78.9. The lowest BCUT2D eigenvalue weighted by atomic mass is 10.2. The van der Waals surface area contributed by atoms with Gasteiger partial charge in [-0.15, -0.1) is 11.3 Å². The molecule has 174 valence electrons. The minimum Gasteiger partial charge on any atom is -0.335 e. The van der Waals surface area contributed by atoms with Crippen molar-refractivity contribution in [2.75, 3.05) is 26.2 Å². The Balaban J connectivity index is 1.42. The number of hydrogen-bond acceptors (Lipinski definition) is 5. The van der Waals surface area contributed by atoms with Crippen molar-refractivity contribution in [3.8, 4) is 10.6 Å². The summed E-state index contributed by atoms with van der Waals surface area (Å²) in [6.45, 7) is 0.194. The average Bonchev–Trinajstić information content (AvgIpc) is 3.28. The number of thiazole rings is 1. The highest BCUT2D eigenvalue weighted by atomic mass is 32.2. The molecular formula is C21H17F4N3O3S2. The number of rotatable bonds is 4. The van der Waals surface area contributed by atoms with E-state index < -0.39 is 27.6 Å². The molecule has 2 aromatic carbocycles. The van der Waals surface area contributed by atoms with Gasteiger partial charge in [0.25, 0.3) is 5.91 Å². The maximum Gasteiger partial charge on any atom is 0.416 e. The van der Waals surface area contributed by atoms with Crippen molar-refractivity contribution in [1.82, 2.24) is 14.2 Å². The minimum atomic E-state index is -4.56. The number of alkyl halides is 3. The van der Waals surface area contributed by atoms with Crippen molar-refractivity contribution < 1.29 is 30.8 Å². The summed E-state index contributed by atoms with van der Waals surface area (Å²) in [4.78, 5) is 18.5. The predicted octanol–water partition coefficient (Wildman–Crippen LogP) is 4.11. The van der Waals surface area contributed by atoms with Crippen LogP contribution >= 0.6 is 11.3 Å². The molecule has 2 heterocycles. The van der Waals surface area contributed by atoms with Gasteiger partial charge < -0.3 is 4.90 Å². The molecule has 33 heavy (non-hydrogen) atoms. The summed E-state index contributed by atoms with van der Waals surface area (Å²) in [6, 6.07) is 9.39. The van der Waals surface area contributed by atoms with Crippen LogP contribution in [0.25, 0.3) is 10.6 Å². The fourth-order valence-corrected chi connectivity index (χ4v) is 5.72. The molecule has 4 rings (SSSR count). The van der Waals surface area contributed by atoms with E-state index in [0.29, 0.717) is 9.88 Å². The topological polar surface area (TPSA) is 70.6 Å². The van der Waals surface area contributed by atoms with Gasteiger partial charge in [-0.2, -0.15) is 17.5 Å². The number of carbonyl (C=O) groups is 1. The molecule has 3 aromatic rings. The number of piperazine rings is 1. The molecule has 1 aliphatic rings. The Morgan fingerprint density at radius 1 is 0.970 bits per heavy atom. The highest BCUT2D eigenvalue weighted by Crippen LogP contribution is 2.31. The maximum atomic E-state index is 14.0. The SMILES string of the molecule is O=C(c1cnc(-c2ccccc2F)s1)N1CCN(S(=O)(=O)c2ccc(C(F)(F)F)cc2)CC1. The third kappa shape index (κ3) is 4.77. The van der Waals surface area contributed by atoms with Crippen LogP contribution in [0.3, 0.4) is 0 Å². The molecule has 1 amide bonds. The third-order valence-corrected chi connectivity index (χ3v) is 8.10. The van der Waals surface area contributed by atoms with Crippen LogP contribution in [0.15, 0.2) is 59.6 Å². The second-order valence-electron chi connectivity index (χ2n) is 7.23. The van der Waals surface area contributed by atoms with Crippen LogP contribution in [-0.2, 0) is 16.2 Å². The van der Waals surface area contributed by atoms with Crippen molar-refractivity contribution in [3.05, 3.63) is 71.0 Å². The van der Waals surface area contributed by atoms with Crippen molar-refractivity contribution >= 4 is 27.3 Å². The highest BCUT2D eigenvalue weighted by Gasteiger charge is 2.33. The lowest BCUT2D eigenvalue weighted by Gasteiger charge is -2.33. The first kappa shape index (κ1) is 23.3. The van der Waals surface area contributed by atoms with Gasteiger partial charge in [-0.25, -0.2) is 17.8 Å². The van der Waals surface area contributed by atoms with Crippen LogP contribution in [0.5, 0.6) is 0 Å². The molecule has 0 N–H and O–H groups in total. The molecule has 12 heteroatoms. The van der Waals surface area contributed by atoms with Gasteiger partial charge in [-0.1, -0.05) is 12.1 Å². The second-order valence-corrected chi connectivity index (χ2v) is 10.2. The number of benzene rings is 2. The Morgan fingerprint density at radius 2 is 1.61 bits per heavy atom. The van der Waals surface area contributed by atoms with E-state index in [1.165, 1.54) is 17.2 Å². The zero-order valence-corrected chi connectivity index (χ0v) is 18.6. The molecule has 0 radical (unpaired) electrons. The van der Waals surface area contributed by atoms with Gasteiger partial charge in [0.1, 0.15) is 15.7 Å². The Morgan fingerprint density at radius 3 is 2.21 bits per heavy atom. The molecule has 0 spiro atoms. The maximum absolute atomic E-state index is 14.0. The number of nitrogens with zero attached hydrogens (tertiary/aromatic N) is 3. The van der Waals surface area contributed by atoms with E-state index in [0.717, 1.165) is 39.9 Å². The third-order valence-electron chi connectivity index (χ3n) is 5.17. The normalized spacial score (nSPS) is 15.6. The van der Waals surface area contributed by atoms with Crippen molar-refractivity contribution in [2.45, 2.75) is 11.1 Å². The van der Waals surface area contributed by atoms with E-state index >= 15 is 0 Å². The van der Waals surface area contributed by atoms with Gasteiger partial charge in [-0.05, 0) is 36.4 Å². The van der Waals surface area contributed by atoms with Gasteiger partial charge in [0.2, 0.25) is 10.0 Å². The van der Waals surface area contributed by atoms with Crippen LogP contribution < -0.4 is 0 Å². The van der Waals surface area contributed by atoms with Crippen molar-refractivity contribution in [1.29, 1.82) is 0 Å². The number of hydrogen-bond donors (Lipinski definition) is 0. The molecule has 1 saturated heterocycles. The molecule has 0 atom stereocenters. The molecule has 1 aromatic heterocycles. The fourth-order valence-electron chi connectivity index (χ4n) is 3.38. The molecule has 0 saturated carbocycles. The molecule has 0 aliphatic carbocycles. The molecular weight excluding hydrogens is 482 g/mol. The Labute approximate surface area is 191 Å². The predicted molar refractivity (Wildman–Crippen MR) is 114 cm³/mol. The monoisotopic (exact) mass is 499 g/mol. The first-order valence-electron chi connectivity index (χ1n) is 9.75. The molecule has 1 fully saturated rings. The first-order valence-corrected chi connectivity index (χ1v) is 12.0. The number of carbonyl (C=O) groups excluding carboxylic acids is 1. The summed E-state index contributed by atoms with van der Waals surface area (Å²) in [5.41, 5.74) is -0.648. The van der Waals surface area contributed by atoms with Gasteiger partial charge in [0.05, 0.1) is 16.7 Å². The van der Waals surface area contributed by atoms with E-state index in [-0.39, 0.29) is 42.5 Å². The van der Waals surface area contributed by atoms with E-state index in [2.05, 4.69) is 4.98 Å². The van der Waals surface area contributed by atoms with E-state index in [4.69, 9.17) is 0 Å². The largest absolute Gasteiger partial charge is 0.416 e. The van der Waals surface area contributed by atoms with E-state index in [1.807, 2.05) is 0 Å². The standard InChI is InChI=1S/C21H17F4N3O3S2/c22-17-4-2-1-3-16(17)19-26-13-18(32-19)20(29)27-9-11-28(12-10-27)33(30,31)15-7-5-14(6-8-15)21(23,24)25/h1-8,13H,9-12H2. The van der Waals surface area contributed by atoms with Crippen molar-refractivity contribution in [3.63, 3.8) is 0 Å². The van der Waals surface area contributed by atoms with Gasteiger partial charge >= 0.3 is 6.18 Å². The minimum absolute atomic E-state index is 0.00588. The highest BCUT2D eigenvalue weighted by molar-refractivity contribution is 7.89. The van der Waals surface area contributed by atoms with Gasteiger partial charge in [0.15, 0.2) is 0 Å². The van der Waals surface area contributed by atoms with Gasteiger partial charge in [0, 0.05) is 31.7 Å². The van der Waals surface area contributed by atoms with Gasteiger partial charge in [-0.3, -0.25) is 4.79 Å². The Hall–Kier alpha value is -2.83. The van der Waals surface area contributed by atoms with E-state index in [1.54, 1.807) is 18.2 Å². The fraction of sp³-hybridized carbons (Fsp3) is 0.238. The number of halogens is 4.